The van der Waals surface area contributed by atoms with Gasteiger partial charge >= 0.3 is 23.9 Å². The number of ether oxygens (including phenoxy) is 2. The number of aliphatic hydroxyl groups is 2. The summed E-state index contributed by atoms with van der Waals surface area (Å²) in [6.07, 6.45) is 25.5. The molecule has 0 aromatic rings. The number of carbonyl (C=O) groups is 6. The van der Waals surface area contributed by atoms with Crippen molar-refractivity contribution in [1.82, 2.24) is 10.6 Å². The molecule has 0 aliphatic rings. The summed E-state index contributed by atoms with van der Waals surface area (Å²) in [6.45, 7) is 4.98. The molecule has 0 saturated carbocycles. The van der Waals surface area contributed by atoms with E-state index in [2.05, 4.69) is 24.5 Å². The molecule has 2 amide bonds. The maximum absolute atomic E-state index is 12.2. The normalized spacial score (nSPS) is 13.4. The molecule has 0 aromatic heterocycles. The van der Waals surface area contributed by atoms with E-state index in [4.69, 9.17) is 19.7 Å². The van der Waals surface area contributed by atoms with Gasteiger partial charge in [0.1, 0.15) is 12.2 Å². The van der Waals surface area contributed by atoms with Crippen molar-refractivity contribution in [3.05, 3.63) is 24.3 Å². The highest BCUT2D eigenvalue weighted by atomic mass is 16.6. The molecule has 4 unspecified atom stereocenters. The van der Waals surface area contributed by atoms with Crippen LogP contribution in [0.1, 0.15) is 206 Å². The zero-order valence-corrected chi connectivity index (χ0v) is 38.3. The highest BCUT2D eigenvalue weighted by molar-refractivity contribution is 5.77. The number of carbonyl (C=O) groups excluding carboxylic acids is 4. The number of aliphatic hydroxyl groups excluding tert-OH is 2. The van der Waals surface area contributed by atoms with Crippen molar-refractivity contribution in [3.8, 4) is 0 Å². The van der Waals surface area contributed by atoms with Gasteiger partial charge in [0, 0.05) is 51.6 Å². The SMILES string of the molecule is CCCCCC(OC(=O)CCCC(=O)O)C(O)C/C=C\CCCCCCCC(=O)NCCNC(=O)CCCCCCC/C=C\CC(O)C(CCCCC)OC(=O)CCCC(=O)O. The molecule has 62 heavy (non-hydrogen) atoms. The lowest BCUT2D eigenvalue weighted by atomic mass is 10.0. The van der Waals surface area contributed by atoms with E-state index < -0.39 is 48.3 Å². The third-order valence-electron chi connectivity index (χ3n) is 10.6. The van der Waals surface area contributed by atoms with Gasteiger partial charge in [-0.15, -0.1) is 0 Å². The Morgan fingerprint density at radius 2 is 0.823 bits per heavy atom. The van der Waals surface area contributed by atoms with E-state index in [0.29, 0.717) is 51.6 Å². The Kier molecular flexibility index (Phi) is 38.7. The number of amides is 2. The Morgan fingerprint density at radius 3 is 1.19 bits per heavy atom. The highest BCUT2D eigenvalue weighted by Gasteiger charge is 2.23. The molecule has 0 fully saturated rings. The van der Waals surface area contributed by atoms with Gasteiger partial charge in [0.25, 0.3) is 0 Å². The van der Waals surface area contributed by atoms with E-state index in [1.807, 2.05) is 24.3 Å². The zero-order valence-electron chi connectivity index (χ0n) is 38.3. The summed E-state index contributed by atoms with van der Waals surface area (Å²) in [4.78, 5) is 70.1. The maximum atomic E-state index is 12.2. The summed E-state index contributed by atoms with van der Waals surface area (Å²) in [5.74, 6) is -2.85. The second-order valence-electron chi connectivity index (χ2n) is 16.4. The molecule has 0 heterocycles. The molecule has 14 nitrogen and oxygen atoms in total. The smallest absolute Gasteiger partial charge is 0.306 e. The number of carboxylic acids is 2. The molecule has 358 valence electrons. The summed E-state index contributed by atoms with van der Waals surface area (Å²) in [6, 6.07) is 0. The van der Waals surface area contributed by atoms with Crippen LogP contribution in [-0.4, -0.2) is 93.6 Å². The number of allylic oxidation sites excluding steroid dienone is 2. The van der Waals surface area contributed by atoms with Crippen LogP contribution in [0.25, 0.3) is 0 Å². The fourth-order valence-corrected chi connectivity index (χ4v) is 6.82. The number of carboxylic acid groups (broad SMARTS) is 2. The van der Waals surface area contributed by atoms with Crippen molar-refractivity contribution >= 4 is 35.7 Å². The summed E-state index contributed by atoms with van der Waals surface area (Å²) in [5, 5.41) is 44.6. The molecule has 14 heteroatoms. The Bertz CT molecular complexity index is 1160. The van der Waals surface area contributed by atoms with Crippen molar-refractivity contribution < 1.29 is 58.7 Å². The predicted molar refractivity (Wildman–Crippen MR) is 241 cm³/mol. The minimum Gasteiger partial charge on any atom is -0.481 e. The van der Waals surface area contributed by atoms with E-state index >= 15 is 0 Å². The van der Waals surface area contributed by atoms with Gasteiger partial charge in [0.15, 0.2) is 0 Å². The summed E-state index contributed by atoms with van der Waals surface area (Å²) < 4.78 is 11.0. The average Bonchev–Trinajstić information content (AvgIpc) is 3.22. The molecule has 0 aliphatic heterocycles. The van der Waals surface area contributed by atoms with E-state index in [9.17, 15) is 39.0 Å². The van der Waals surface area contributed by atoms with E-state index in [1.165, 1.54) is 0 Å². The minimum absolute atomic E-state index is 0.00969. The Morgan fingerprint density at radius 1 is 0.452 bits per heavy atom. The maximum Gasteiger partial charge on any atom is 0.306 e. The number of unbranched alkanes of at least 4 members (excludes halogenated alkanes) is 14. The van der Waals surface area contributed by atoms with Crippen LogP contribution in [0.3, 0.4) is 0 Å². The first kappa shape index (κ1) is 58.2. The lowest BCUT2D eigenvalue weighted by molar-refractivity contribution is -0.156. The summed E-state index contributed by atoms with van der Waals surface area (Å²) in [5.41, 5.74) is 0. The molecule has 0 aromatic carbocycles. The molecule has 4 atom stereocenters. The van der Waals surface area contributed by atoms with Crippen molar-refractivity contribution in [2.75, 3.05) is 13.1 Å². The predicted octanol–water partition coefficient (Wildman–Crippen LogP) is 8.79. The molecule has 6 N–H and O–H groups in total. The Hall–Kier alpha value is -3.78. The second-order valence-corrected chi connectivity index (χ2v) is 16.4. The third-order valence-corrected chi connectivity index (χ3v) is 10.6. The second kappa shape index (κ2) is 41.2. The molecule has 0 bridgehead atoms. The molecule has 0 aliphatic carbocycles. The van der Waals surface area contributed by atoms with Gasteiger partial charge in [-0.05, 0) is 89.9 Å². The standard InChI is InChI=1S/C48H84N2O12/c1-3-5-19-29-41(61-47(59)35-25-33-45(55)56)39(51)27-21-15-11-7-9-13-17-23-31-43(53)49-37-38-50-44(54)32-24-18-14-10-8-12-16-22-28-40(52)42(30-20-6-4-2)62-48(60)36-26-34-46(57)58/h15-16,21-22,39-42,51-52H,3-14,17-20,23-38H2,1-2H3,(H,49,53)(H,50,54)(H,55,56)(H,57,58)/b21-15-,22-16-. The fraction of sp³-hybridized carbons (Fsp3) is 0.792. The van der Waals surface area contributed by atoms with Gasteiger partial charge in [-0.1, -0.05) is 102 Å². The van der Waals surface area contributed by atoms with Crippen LogP contribution in [0.2, 0.25) is 0 Å². The average molecular weight is 881 g/mol. The van der Waals surface area contributed by atoms with E-state index in [-0.39, 0.29) is 50.3 Å². The Balaban J connectivity index is 3.94. The molecular formula is C48H84N2O12. The van der Waals surface area contributed by atoms with Crippen molar-refractivity contribution in [1.29, 1.82) is 0 Å². The van der Waals surface area contributed by atoms with Crippen LogP contribution < -0.4 is 10.6 Å². The number of esters is 2. The zero-order chi connectivity index (χ0) is 46.1. The Labute approximate surface area is 372 Å². The monoisotopic (exact) mass is 881 g/mol. The molecule has 0 spiro atoms. The minimum atomic E-state index is -0.949. The first-order valence-electron chi connectivity index (χ1n) is 23.9. The van der Waals surface area contributed by atoms with Gasteiger partial charge in [0.05, 0.1) is 12.2 Å². The van der Waals surface area contributed by atoms with Crippen molar-refractivity contribution in [2.45, 2.75) is 231 Å². The largest absolute Gasteiger partial charge is 0.481 e. The van der Waals surface area contributed by atoms with Crippen molar-refractivity contribution in [2.24, 2.45) is 0 Å². The lowest BCUT2D eigenvalue weighted by Gasteiger charge is -2.22. The van der Waals surface area contributed by atoms with Gasteiger partial charge in [-0.2, -0.15) is 0 Å². The number of hydrogen-bond acceptors (Lipinski definition) is 10. The number of hydrogen-bond donors (Lipinski definition) is 6. The fourth-order valence-electron chi connectivity index (χ4n) is 6.82. The molecule has 0 saturated heterocycles. The van der Waals surface area contributed by atoms with Crippen LogP contribution in [0.5, 0.6) is 0 Å². The van der Waals surface area contributed by atoms with Crippen molar-refractivity contribution in [3.63, 3.8) is 0 Å². The van der Waals surface area contributed by atoms with Gasteiger partial charge in [-0.3, -0.25) is 28.8 Å². The van der Waals surface area contributed by atoms with Gasteiger partial charge in [0.2, 0.25) is 11.8 Å². The topological polar surface area (TPSA) is 226 Å². The lowest BCUT2D eigenvalue weighted by Crippen LogP contribution is -2.34. The molecule has 0 rings (SSSR count). The first-order valence-corrected chi connectivity index (χ1v) is 23.9. The number of nitrogens with one attached hydrogen (secondary N) is 2. The van der Waals surface area contributed by atoms with E-state index in [1.54, 1.807) is 0 Å². The number of rotatable bonds is 43. The third kappa shape index (κ3) is 37.9. The van der Waals surface area contributed by atoms with Crippen LogP contribution in [-0.2, 0) is 38.2 Å². The van der Waals surface area contributed by atoms with Crippen LogP contribution in [0, 0.1) is 0 Å². The van der Waals surface area contributed by atoms with Gasteiger partial charge < -0.3 is 40.5 Å². The number of aliphatic carboxylic acids is 2. The van der Waals surface area contributed by atoms with Gasteiger partial charge in [-0.25, -0.2) is 0 Å². The van der Waals surface area contributed by atoms with Crippen LogP contribution in [0.15, 0.2) is 24.3 Å². The van der Waals surface area contributed by atoms with E-state index in [0.717, 1.165) is 116 Å². The first-order chi connectivity index (χ1) is 29.9. The molecular weight excluding hydrogens is 797 g/mol. The van der Waals surface area contributed by atoms with Crippen LogP contribution in [0.4, 0.5) is 0 Å². The molecule has 0 radical (unpaired) electrons. The summed E-state index contributed by atoms with van der Waals surface area (Å²) >= 11 is 0. The van der Waals surface area contributed by atoms with Crippen LogP contribution >= 0.6 is 0 Å². The highest BCUT2D eigenvalue weighted by Crippen LogP contribution is 2.18. The quantitative estimate of drug-likeness (QED) is 0.0192. The summed E-state index contributed by atoms with van der Waals surface area (Å²) in [7, 11) is 0.